The minimum absolute atomic E-state index is 0.109. The second-order valence-corrected chi connectivity index (χ2v) is 5.85. The number of hydrogen-bond acceptors (Lipinski definition) is 3. The molecule has 2 aromatic rings. The van der Waals surface area contributed by atoms with Crippen molar-refractivity contribution in [2.75, 3.05) is 7.11 Å². The number of aryl methyl sites for hydroxylation is 1. The topological polar surface area (TPSA) is 55.6 Å². The number of aromatic nitrogens is 1. The molecule has 1 aliphatic carbocycles. The molecule has 112 valence electrons. The summed E-state index contributed by atoms with van der Waals surface area (Å²) in [6, 6.07) is 5.97. The molecule has 1 amide bonds. The maximum absolute atomic E-state index is 12.1. The molecule has 1 saturated carbocycles. The summed E-state index contributed by atoms with van der Waals surface area (Å²) in [4.78, 5) is 12.1. The Kier molecular flexibility index (Phi) is 2.82. The van der Waals surface area contributed by atoms with Crippen LogP contribution in [0.15, 0.2) is 35.1 Å². The summed E-state index contributed by atoms with van der Waals surface area (Å²) < 4.78 is 7.37. The van der Waals surface area contributed by atoms with Gasteiger partial charge in [0.1, 0.15) is 5.75 Å². The van der Waals surface area contributed by atoms with Gasteiger partial charge in [-0.2, -0.15) is 5.10 Å². The zero-order valence-corrected chi connectivity index (χ0v) is 12.6. The van der Waals surface area contributed by atoms with E-state index in [1.807, 2.05) is 37.5 Å². The van der Waals surface area contributed by atoms with Gasteiger partial charge < -0.3 is 9.30 Å². The Labute approximate surface area is 128 Å². The van der Waals surface area contributed by atoms with Crippen LogP contribution >= 0.6 is 0 Å². The second kappa shape index (κ2) is 4.73. The van der Waals surface area contributed by atoms with Gasteiger partial charge in [-0.1, -0.05) is 0 Å². The molecule has 1 fully saturated rings. The lowest BCUT2D eigenvalue weighted by molar-refractivity contribution is -0.116. The number of ether oxygens (including phenoxy) is 1. The van der Waals surface area contributed by atoms with Crippen molar-refractivity contribution >= 4 is 28.6 Å². The van der Waals surface area contributed by atoms with Gasteiger partial charge in [0.25, 0.3) is 5.91 Å². The maximum Gasteiger partial charge on any atom is 0.273 e. The van der Waals surface area contributed by atoms with Crippen LogP contribution in [0.4, 0.5) is 0 Å². The molecule has 2 heterocycles. The molecule has 0 radical (unpaired) electrons. The highest BCUT2D eigenvalue weighted by molar-refractivity contribution is 6.29. The Morgan fingerprint density at radius 1 is 1.41 bits per heavy atom. The van der Waals surface area contributed by atoms with Crippen molar-refractivity contribution in [1.82, 2.24) is 9.99 Å². The van der Waals surface area contributed by atoms with Crippen LogP contribution in [0.3, 0.4) is 0 Å². The number of methoxy groups -OCH3 is 1. The second-order valence-electron chi connectivity index (χ2n) is 5.85. The first-order valence-corrected chi connectivity index (χ1v) is 7.40. The average Bonchev–Trinajstić information content (AvgIpc) is 3.24. The molecule has 22 heavy (non-hydrogen) atoms. The Bertz CT molecular complexity index is 841. The van der Waals surface area contributed by atoms with Gasteiger partial charge in [0.05, 0.1) is 18.4 Å². The van der Waals surface area contributed by atoms with Gasteiger partial charge in [0.15, 0.2) is 0 Å². The van der Waals surface area contributed by atoms with E-state index in [1.165, 1.54) is 0 Å². The van der Waals surface area contributed by atoms with E-state index in [0.29, 0.717) is 11.5 Å². The number of hydrazone groups is 1. The molecule has 1 N–H and O–H groups in total. The van der Waals surface area contributed by atoms with Crippen LogP contribution in [0.2, 0.25) is 0 Å². The third-order valence-electron chi connectivity index (χ3n) is 4.29. The Hall–Kier alpha value is -2.56. The molecule has 1 aromatic carbocycles. The SMILES string of the molecule is COc1ccc2c(c1)c(/C=C1\C(=O)NN=C1C1CC1)cn2C. The molecule has 0 unspecified atom stereocenters. The molecular formula is C17H17N3O2. The zero-order valence-electron chi connectivity index (χ0n) is 12.6. The number of nitrogens with zero attached hydrogens (tertiary/aromatic N) is 2. The van der Waals surface area contributed by atoms with Crippen LogP contribution in [-0.2, 0) is 11.8 Å². The van der Waals surface area contributed by atoms with Gasteiger partial charge in [-0.05, 0) is 37.1 Å². The van der Waals surface area contributed by atoms with E-state index in [4.69, 9.17) is 4.74 Å². The normalized spacial score (nSPS) is 19.6. The van der Waals surface area contributed by atoms with E-state index in [9.17, 15) is 4.79 Å². The summed E-state index contributed by atoms with van der Waals surface area (Å²) in [5, 5.41) is 5.27. The largest absolute Gasteiger partial charge is 0.497 e. The minimum atomic E-state index is -0.109. The first kappa shape index (κ1) is 13.1. The zero-order chi connectivity index (χ0) is 15.3. The van der Waals surface area contributed by atoms with Crippen molar-refractivity contribution in [1.29, 1.82) is 0 Å². The van der Waals surface area contributed by atoms with E-state index in [1.54, 1.807) is 7.11 Å². The molecule has 0 spiro atoms. The third-order valence-corrected chi connectivity index (χ3v) is 4.29. The number of nitrogens with one attached hydrogen (secondary N) is 1. The van der Waals surface area contributed by atoms with Crippen molar-refractivity contribution in [2.24, 2.45) is 18.1 Å². The first-order chi connectivity index (χ1) is 10.7. The van der Waals surface area contributed by atoms with Gasteiger partial charge in [0.2, 0.25) is 0 Å². The highest BCUT2D eigenvalue weighted by Gasteiger charge is 2.35. The van der Waals surface area contributed by atoms with Crippen molar-refractivity contribution in [3.8, 4) is 5.75 Å². The summed E-state index contributed by atoms with van der Waals surface area (Å²) in [6.45, 7) is 0. The predicted molar refractivity (Wildman–Crippen MR) is 85.7 cm³/mol. The molecule has 1 aliphatic heterocycles. The summed E-state index contributed by atoms with van der Waals surface area (Å²) in [7, 11) is 3.66. The van der Waals surface area contributed by atoms with Crippen LogP contribution in [-0.4, -0.2) is 23.3 Å². The number of amides is 1. The standard InChI is InChI=1S/C17H17N3O2/c1-20-9-11(13-8-12(22-2)5-6-15(13)20)7-14-16(10-3-4-10)18-19-17(14)21/h5-10H,3-4H2,1-2H3,(H,19,21)/b14-7-. The number of rotatable bonds is 3. The smallest absolute Gasteiger partial charge is 0.273 e. The molecule has 4 rings (SSSR count). The number of carbonyl (C=O) groups excluding carboxylic acids is 1. The number of carbonyl (C=O) groups is 1. The number of fused-ring (bicyclic) bond motifs is 1. The summed E-state index contributed by atoms with van der Waals surface area (Å²) in [5.74, 6) is 1.14. The molecule has 0 atom stereocenters. The van der Waals surface area contributed by atoms with E-state index in [-0.39, 0.29) is 5.91 Å². The Balaban J connectivity index is 1.85. The van der Waals surface area contributed by atoms with Crippen LogP contribution < -0.4 is 10.2 Å². The van der Waals surface area contributed by atoms with E-state index in [0.717, 1.165) is 40.8 Å². The molecule has 0 saturated heterocycles. The summed E-state index contributed by atoms with van der Waals surface area (Å²) in [5.41, 5.74) is 6.31. The van der Waals surface area contributed by atoms with Crippen molar-refractivity contribution in [3.05, 3.63) is 35.5 Å². The van der Waals surface area contributed by atoms with Crippen LogP contribution in [0.5, 0.6) is 5.75 Å². The summed E-state index contributed by atoms with van der Waals surface area (Å²) in [6.07, 6.45) is 6.22. The fraction of sp³-hybridized carbons (Fsp3) is 0.294. The minimum Gasteiger partial charge on any atom is -0.497 e. The molecule has 5 heteroatoms. The number of hydrogen-bond donors (Lipinski definition) is 1. The van der Waals surface area contributed by atoms with Gasteiger partial charge in [-0.15, -0.1) is 0 Å². The van der Waals surface area contributed by atoms with Crippen molar-refractivity contribution < 1.29 is 9.53 Å². The van der Waals surface area contributed by atoms with Gasteiger partial charge in [-0.3, -0.25) is 4.79 Å². The van der Waals surface area contributed by atoms with E-state index >= 15 is 0 Å². The lowest BCUT2D eigenvalue weighted by atomic mass is 10.0. The first-order valence-electron chi connectivity index (χ1n) is 7.40. The van der Waals surface area contributed by atoms with Crippen LogP contribution in [0, 0.1) is 5.92 Å². The van der Waals surface area contributed by atoms with Crippen LogP contribution in [0.25, 0.3) is 17.0 Å². The van der Waals surface area contributed by atoms with E-state index in [2.05, 4.69) is 15.1 Å². The molecule has 2 aliphatic rings. The van der Waals surface area contributed by atoms with Crippen molar-refractivity contribution in [3.63, 3.8) is 0 Å². The van der Waals surface area contributed by atoms with Crippen LogP contribution in [0.1, 0.15) is 18.4 Å². The fourth-order valence-electron chi connectivity index (χ4n) is 2.95. The highest BCUT2D eigenvalue weighted by atomic mass is 16.5. The maximum atomic E-state index is 12.1. The highest BCUT2D eigenvalue weighted by Crippen LogP contribution is 2.36. The van der Waals surface area contributed by atoms with Gasteiger partial charge >= 0.3 is 0 Å². The van der Waals surface area contributed by atoms with E-state index < -0.39 is 0 Å². The quantitative estimate of drug-likeness (QED) is 0.884. The van der Waals surface area contributed by atoms with Gasteiger partial charge in [0, 0.05) is 35.6 Å². The molecule has 5 nitrogen and oxygen atoms in total. The van der Waals surface area contributed by atoms with Crippen molar-refractivity contribution in [2.45, 2.75) is 12.8 Å². The summed E-state index contributed by atoms with van der Waals surface area (Å²) >= 11 is 0. The molecule has 0 bridgehead atoms. The number of benzene rings is 1. The predicted octanol–water partition coefficient (Wildman–Crippen LogP) is 2.47. The Morgan fingerprint density at radius 2 is 2.23 bits per heavy atom. The third kappa shape index (κ3) is 2.01. The van der Waals surface area contributed by atoms with Gasteiger partial charge in [-0.25, -0.2) is 5.43 Å². The average molecular weight is 295 g/mol. The Morgan fingerprint density at radius 3 is 2.95 bits per heavy atom. The molecule has 1 aromatic heterocycles. The molecular weight excluding hydrogens is 278 g/mol. The fourth-order valence-corrected chi connectivity index (χ4v) is 2.95. The lowest BCUT2D eigenvalue weighted by Gasteiger charge is -2.01. The lowest BCUT2D eigenvalue weighted by Crippen LogP contribution is -2.13. The monoisotopic (exact) mass is 295 g/mol.